The molecule has 13 heteroatoms. The van der Waals surface area contributed by atoms with Gasteiger partial charge in [0.05, 0.1) is 35.4 Å². The molecule has 234 valence electrons. The minimum Gasteiger partial charge on any atom is -0.444 e. The number of anilines is 2. The Balaban J connectivity index is 1.33. The second kappa shape index (κ2) is 11.4. The lowest BCUT2D eigenvalue weighted by molar-refractivity contribution is 0.0636. The Morgan fingerprint density at radius 1 is 1.13 bits per heavy atom. The highest BCUT2D eigenvalue weighted by Gasteiger charge is 2.33. The molecule has 3 aliphatic heterocycles. The number of pyridine rings is 1. The number of carbonyl (C=O) groups excluding carboxylic acids is 1. The van der Waals surface area contributed by atoms with Gasteiger partial charge < -0.3 is 14.4 Å². The Bertz CT molecular complexity index is 1880. The van der Waals surface area contributed by atoms with Crippen LogP contribution in [-0.4, -0.2) is 63.8 Å². The molecule has 0 saturated carbocycles. The third-order valence-electron chi connectivity index (χ3n) is 8.67. The zero-order chi connectivity index (χ0) is 31.5. The number of amides is 1. The van der Waals surface area contributed by atoms with E-state index in [0.717, 1.165) is 55.7 Å². The number of likely N-dealkylation sites (tertiary alicyclic amines) is 1. The zero-order valence-electron chi connectivity index (χ0n) is 25.4. The van der Waals surface area contributed by atoms with Crippen LogP contribution >= 0.6 is 11.3 Å². The molecule has 0 unspecified atom stereocenters. The number of thiophene rings is 1. The maximum atomic E-state index is 16.8. The Labute approximate surface area is 263 Å². The average Bonchev–Trinajstić information content (AvgIpc) is 3.77. The highest BCUT2D eigenvalue weighted by Crippen LogP contribution is 2.46. The van der Waals surface area contributed by atoms with Gasteiger partial charge in [0.1, 0.15) is 22.2 Å². The van der Waals surface area contributed by atoms with Crippen LogP contribution < -0.4 is 10.2 Å². The Hall–Kier alpha value is -3.99. The van der Waals surface area contributed by atoms with Crippen LogP contribution in [0.2, 0.25) is 0 Å². The van der Waals surface area contributed by atoms with E-state index in [1.54, 1.807) is 27.0 Å². The van der Waals surface area contributed by atoms with Crippen LogP contribution in [0.5, 0.6) is 0 Å². The normalized spacial score (nSPS) is 18.8. The molecule has 1 N–H and O–H groups in total. The van der Waals surface area contributed by atoms with Crippen molar-refractivity contribution in [2.45, 2.75) is 71.3 Å². The van der Waals surface area contributed by atoms with Gasteiger partial charge in [-0.2, -0.15) is 5.26 Å². The van der Waals surface area contributed by atoms with E-state index in [1.165, 1.54) is 19.3 Å². The van der Waals surface area contributed by atoms with Crippen LogP contribution in [0.3, 0.4) is 0 Å². The van der Waals surface area contributed by atoms with Crippen molar-refractivity contribution in [2.75, 3.05) is 36.4 Å². The predicted octanol–water partition coefficient (Wildman–Crippen LogP) is 6.50. The highest BCUT2D eigenvalue weighted by atomic mass is 32.1. The minimum absolute atomic E-state index is 0.0285. The fraction of sp³-hybridized carbons (Fsp3) is 0.469. The molecule has 45 heavy (non-hydrogen) atoms. The van der Waals surface area contributed by atoms with Crippen molar-refractivity contribution in [2.24, 2.45) is 0 Å². The number of rotatable bonds is 4. The second-order valence-electron chi connectivity index (χ2n) is 12.8. The molecule has 2 fully saturated rings. The number of nitrogens with zero attached hydrogens (tertiary/aromatic N) is 6. The molecule has 1 atom stereocenters. The summed E-state index contributed by atoms with van der Waals surface area (Å²) in [6.07, 6.45) is 6.58. The first-order valence-electron chi connectivity index (χ1n) is 15.2. The van der Waals surface area contributed by atoms with Gasteiger partial charge in [-0.15, -0.1) is 11.3 Å². The monoisotopic (exact) mass is 633 g/mol. The Morgan fingerprint density at radius 2 is 1.91 bits per heavy atom. The molecule has 0 bridgehead atoms. The number of piperidine rings is 1. The summed E-state index contributed by atoms with van der Waals surface area (Å²) >= 11 is 0.873. The van der Waals surface area contributed by atoms with E-state index in [-0.39, 0.29) is 50.6 Å². The maximum absolute atomic E-state index is 16.8. The molecular formula is C32H33F2N7O3S. The van der Waals surface area contributed by atoms with Crippen LogP contribution in [0.1, 0.15) is 63.1 Å². The molecule has 0 radical (unpaired) electrons. The Morgan fingerprint density at radius 3 is 2.67 bits per heavy atom. The largest absolute Gasteiger partial charge is 0.444 e. The van der Waals surface area contributed by atoms with Gasteiger partial charge in [0, 0.05) is 41.7 Å². The fourth-order valence-corrected chi connectivity index (χ4v) is 7.70. The average molecular weight is 634 g/mol. The quantitative estimate of drug-likeness (QED) is 0.269. The lowest BCUT2D eigenvalue weighted by Gasteiger charge is -2.32. The molecule has 1 aromatic carbocycles. The third kappa shape index (κ3) is 5.34. The van der Waals surface area contributed by atoms with Crippen LogP contribution in [0.4, 0.5) is 24.5 Å². The fourth-order valence-electron chi connectivity index (χ4n) is 6.66. The molecule has 1 amide bonds. The predicted molar refractivity (Wildman–Crippen MR) is 167 cm³/mol. The standard InChI is InChI=1S/C32H33F2N7O3S/c1-32(2,3)44-31(42)39-29-18(11-35)24-27(36-13-22(33)28(24)45-29)23-21-16-43-15-20(21)19-12-37-30(38-26(19)25(23)34)41-10-7-17(14-41)40-8-5-4-6-9-40/h12-13,17H,4-10,14-16H2,1-3H3,(H,39,42)/t17-/m1/s1. The van der Waals surface area contributed by atoms with Gasteiger partial charge in [0.25, 0.3) is 0 Å². The first kappa shape index (κ1) is 29.7. The van der Waals surface area contributed by atoms with E-state index in [9.17, 15) is 10.1 Å². The second-order valence-corrected chi connectivity index (χ2v) is 13.8. The van der Waals surface area contributed by atoms with E-state index in [1.807, 2.05) is 0 Å². The van der Waals surface area contributed by atoms with Crippen LogP contribution in [0.25, 0.3) is 32.2 Å². The topological polar surface area (TPSA) is 116 Å². The van der Waals surface area contributed by atoms with Gasteiger partial charge in [-0.05, 0) is 64.3 Å². The molecule has 3 aromatic heterocycles. The first-order chi connectivity index (χ1) is 21.6. The number of aromatic nitrogens is 3. The van der Waals surface area contributed by atoms with Gasteiger partial charge in [-0.1, -0.05) is 6.42 Å². The maximum Gasteiger partial charge on any atom is 0.412 e. The van der Waals surface area contributed by atoms with Crippen molar-refractivity contribution in [3.05, 3.63) is 40.7 Å². The van der Waals surface area contributed by atoms with E-state index < -0.39 is 23.3 Å². The number of hydrogen-bond donors (Lipinski definition) is 1. The molecule has 0 spiro atoms. The minimum atomic E-state index is -0.791. The first-order valence-corrected chi connectivity index (χ1v) is 16.0. The highest BCUT2D eigenvalue weighted by molar-refractivity contribution is 7.23. The van der Waals surface area contributed by atoms with Gasteiger partial charge in [0.2, 0.25) is 5.95 Å². The molecule has 0 aliphatic carbocycles. The Kier molecular flexibility index (Phi) is 7.54. The van der Waals surface area contributed by atoms with E-state index in [4.69, 9.17) is 14.5 Å². The van der Waals surface area contributed by atoms with Crippen molar-refractivity contribution >= 4 is 49.4 Å². The van der Waals surface area contributed by atoms with Gasteiger partial charge in [0.15, 0.2) is 11.6 Å². The molecular weight excluding hydrogens is 600 g/mol. The number of hydrogen-bond acceptors (Lipinski definition) is 10. The van der Waals surface area contributed by atoms with Crippen molar-refractivity contribution < 1.29 is 23.0 Å². The number of fused-ring (bicyclic) bond motifs is 4. The summed E-state index contributed by atoms with van der Waals surface area (Å²) < 4.78 is 43.2. The van der Waals surface area contributed by atoms with Crippen LogP contribution in [-0.2, 0) is 22.7 Å². The number of halogens is 2. The van der Waals surface area contributed by atoms with Crippen LogP contribution in [0, 0.1) is 23.0 Å². The van der Waals surface area contributed by atoms with Gasteiger partial charge in [-0.25, -0.2) is 23.5 Å². The summed E-state index contributed by atoms with van der Waals surface area (Å²) in [6.45, 7) is 9.23. The molecule has 6 heterocycles. The van der Waals surface area contributed by atoms with Crippen molar-refractivity contribution in [3.8, 4) is 17.3 Å². The molecule has 4 aromatic rings. The molecule has 7 rings (SSSR count). The summed E-state index contributed by atoms with van der Waals surface area (Å²) in [4.78, 5) is 30.9. The summed E-state index contributed by atoms with van der Waals surface area (Å²) in [5.41, 5.74) is 0.796. The van der Waals surface area contributed by atoms with E-state index >= 15 is 8.78 Å². The smallest absolute Gasteiger partial charge is 0.412 e. The van der Waals surface area contributed by atoms with E-state index in [2.05, 4.69) is 31.2 Å². The van der Waals surface area contributed by atoms with Crippen molar-refractivity contribution in [3.63, 3.8) is 0 Å². The van der Waals surface area contributed by atoms with E-state index in [0.29, 0.717) is 22.9 Å². The van der Waals surface area contributed by atoms with Crippen molar-refractivity contribution in [1.29, 1.82) is 5.26 Å². The summed E-state index contributed by atoms with van der Waals surface area (Å²) in [5, 5.41) is 13.5. The summed E-state index contributed by atoms with van der Waals surface area (Å²) in [7, 11) is 0. The zero-order valence-corrected chi connectivity index (χ0v) is 26.2. The number of benzene rings is 1. The van der Waals surface area contributed by atoms with Crippen LogP contribution in [0.15, 0.2) is 12.4 Å². The lowest BCUT2D eigenvalue weighted by atomic mass is 9.94. The number of carbonyl (C=O) groups is 1. The SMILES string of the molecule is CC(C)(C)OC(=O)Nc1sc2c(F)cnc(-c3c4c(c5cnc(N6CC[C@@H](N7CCCCC7)C6)nc5c3F)COC4)c2c1C#N. The van der Waals surface area contributed by atoms with Gasteiger partial charge >= 0.3 is 6.09 Å². The van der Waals surface area contributed by atoms with Crippen molar-refractivity contribution in [1.82, 2.24) is 19.9 Å². The molecule has 10 nitrogen and oxygen atoms in total. The summed E-state index contributed by atoms with van der Waals surface area (Å²) in [6, 6.07) is 2.49. The molecule has 3 aliphatic rings. The summed E-state index contributed by atoms with van der Waals surface area (Å²) in [5.74, 6) is -0.870. The number of nitriles is 1. The number of ether oxygens (including phenoxy) is 2. The van der Waals surface area contributed by atoms with Gasteiger partial charge in [-0.3, -0.25) is 15.2 Å². The third-order valence-corrected chi connectivity index (χ3v) is 9.79. The molecule has 2 saturated heterocycles. The number of nitrogens with one attached hydrogen (secondary N) is 1. The lowest BCUT2D eigenvalue weighted by Crippen LogP contribution is -2.41.